The van der Waals surface area contributed by atoms with Crippen molar-refractivity contribution < 1.29 is 4.79 Å². The monoisotopic (exact) mass is 263 g/mol. The Balaban J connectivity index is 2.32. The van der Waals surface area contributed by atoms with E-state index in [1.165, 1.54) is 0 Å². The summed E-state index contributed by atoms with van der Waals surface area (Å²) in [6, 6.07) is 9.68. The van der Waals surface area contributed by atoms with Crippen molar-refractivity contribution in [1.29, 1.82) is 0 Å². The number of likely N-dealkylation sites (N-methyl/N-ethyl adjacent to an activating group) is 1. The molecule has 0 fully saturated rings. The van der Waals surface area contributed by atoms with Crippen LogP contribution in [0.5, 0.6) is 0 Å². The highest BCUT2D eigenvalue weighted by Crippen LogP contribution is 2.10. The van der Waals surface area contributed by atoms with Gasteiger partial charge in [-0.05, 0) is 18.1 Å². The quantitative estimate of drug-likeness (QED) is 0.786. The molecule has 1 amide bonds. The number of nitrogens with zero attached hydrogens (tertiary/aromatic N) is 1. The van der Waals surface area contributed by atoms with Gasteiger partial charge in [-0.3, -0.25) is 4.79 Å². The summed E-state index contributed by atoms with van der Waals surface area (Å²) in [7, 11) is 2.01. The zero-order valence-electron chi connectivity index (χ0n) is 12.1. The van der Waals surface area contributed by atoms with Gasteiger partial charge < -0.3 is 16.0 Å². The molecular formula is C15H25N3O. The van der Waals surface area contributed by atoms with E-state index >= 15 is 0 Å². The van der Waals surface area contributed by atoms with Crippen LogP contribution >= 0.6 is 0 Å². The summed E-state index contributed by atoms with van der Waals surface area (Å²) in [6.07, 6.45) is 0.915. The number of amides is 1. The lowest BCUT2D eigenvalue weighted by molar-refractivity contribution is -0.123. The third kappa shape index (κ3) is 4.91. The van der Waals surface area contributed by atoms with Crippen LogP contribution in [-0.4, -0.2) is 32.1 Å². The maximum Gasteiger partial charge on any atom is 0.237 e. The summed E-state index contributed by atoms with van der Waals surface area (Å²) in [6.45, 7) is 5.42. The second-order valence-electron chi connectivity index (χ2n) is 4.96. The van der Waals surface area contributed by atoms with Gasteiger partial charge in [-0.15, -0.1) is 0 Å². The Morgan fingerprint density at radius 2 is 2.00 bits per heavy atom. The standard InChI is InChI=1S/C15H25N3O/c1-4-12(2)14(16)15(19)17-10-11-18(3)13-8-6-5-7-9-13/h5-9,12,14H,4,10-11,16H2,1-3H3,(H,17,19)/t12?,14-/m0/s1. The van der Waals surface area contributed by atoms with Gasteiger partial charge in [-0.25, -0.2) is 0 Å². The van der Waals surface area contributed by atoms with Gasteiger partial charge in [0.2, 0.25) is 5.91 Å². The highest BCUT2D eigenvalue weighted by molar-refractivity contribution is 5.81. The van der Waals surface area contributed by atoms with Crippen LogP contribution in [0.25, 0.3) is 0 Å². The topological polar surface area (TPSA) is 58.4 Å². The number of para-hydroxylation sites is 1. The molecule has 1 unspecified atom stereocenters. The second kappa shape index (κ2) is 7.79. The number of hydrogen-bond donors (Lipinski definition) is 2. The van der Waals surface area contributed by atoms with Crippen molar-refractivity contribution in [2.24, 2.45) is 11.7 Å². The van der Waals surface area contributed by atoms with E-state index in [1.54, 1.807) is 0 Å². The molecule has 0 aromatic heterocycles. The second-order valence-corrected chi connectivity index (χ2v) is 4.96. The van der Waals surface area contributed by atoms with Gasteiger partial charge in [0, 0.05) is 25.8 Å². The van der Waals surface area contributed by atoms with E-state index in [0.717, 1.165) is 18.7 Å². The summed E-state index contributed by atoms with van der Waals surface area (Å²) in [4.78, 5) is 13.9. The number of carbonyl (C=O) groups excluding carboxylic acids is 1. The Kier molecular flexibility index (Phi) is 6.36. The highest BCUT2D eigenvalue weighted by atomic mass is 16.2. The summed E-state index contributed by atoms with van der Waals surface area (Å²) < 4.78 is 0. The zero-order chi connectivity index (χ0) is 14.3. The first kappa shape index (κ1) is 15.5. The first-order chi connectivity index (χ1) is 9.06. The number of nitrogens with two attached hydrogens (primary N) is 1. The molecule has 0 aliphatic heterocycles. The van der Waals surface area contributed by atoms with Crippen LogP contribution in [0, 0.1) is 5.92 Å². The lowest BCUT2D eigenvalue weighted by Crippen LogP contribution is -2.46. The van der Waals surface area contributed by atoms with Crippen molar-refractivity contribution in [3.05, 3.63) is 30.3 Å². The Hall–Kier alpha value is -1.55. The molecule has 0 saturated heterocycles. The predicted molar refractivity (Wildman–Crippen MR) is 80.2 cm³/mol. The normalized spacial score (nSPS) is 13.7. The van der Waals surface area contributed by atoms with Crippen LogP contribution < -0.4 is 16.0 Å². The van der Waals surface area contributed by atoms with Crippen LogP contribution in [-0.2, 0) is 4.79 Å². The van der Waals surface area contributed by atoms with Crippen molar-refractivity contribution in [2.45, 2.75) is 26.3 Å². The molecule has 2 atom stereocenters. The highest BCUT2D eigenvalue weighted by Gasteiger charge is 2.18. The molecule has 0 spiro atoms. The minimum Gasteiger partial charge on any atom is -0.373 e. The summed E-state index contributed by atoms with van der Waals surface area (Å²) in [5.41, 5.74) is 7.02. The van der Waals surface area contributed by atoms with Crippen LogP contribution in [0.1, 0.15) is 20.3 Å². The van der Waals surface area contributed by atoms with Crippen molar-refractivity contribution >= 4 is 11.6 Å². The van der Waals surface area contributed by atoms with Crippen molar-refractivity contribution in [1.82, 2.24) is 5.32 Å². The fraction of sp³-hybridized carbons (Fsp3) is 0.533. The van der Waals surface area contributed by atoms with Crippen molar-refractivity contribution in [3.8, 4) is 0 Å². The zero-order valence-corrected chi connectivity index (χ0v) is 12.1. The molecule has 0 heterocycles. The third-order valence-electron chi connectivity index (χ3n) is 3.50. The molecule has 4 nitrogen and oxygen atoms in total. The maximum absolute atomic E-state index is 11.8. The Labute approximate surface area is 116 Å². The molecule has 106 valence electrons. The van der Waals surface area contributed by atoms with Crippen LogP contribution in [0.4, 0.5) is 5.69 Å². The summed E-state index contributed by atoms with van der Waals surface area (Å²) in [5.74, 6) is 0.155. The molecule has 0 aliphatic carbocycles. The predicted octanol–water partition coefficient (Wildman–Crippen LogP) is 1.61. The van der Waals surface area contributed by atoms with Gasteiger partial charge >= 0.3 is 0 Å². The maximum atomic E-state index is 11.8. The van der Waals surface area contributed by atoms with Gasteiger partial charge in [0.05, 0.1) is 6.04 Å². The van der Waals surface area contributed by atoms with Gasteiger partial charge in [0.15, 0.2) is 0 Å². The van der Waals surface area contributed by atoms with Crippen LogP contribution in [0.3, 0.4) is 0 Å². The summed E-state index contributed by atoms with van der Waals surface area (Å²) in [5, 5.41) is 2.89. The molecule has 3 N–H and O–H groups in total. The lowest BCUT2D eigenvalue weighted by atomic mass is 9.99. The van der Waals surface area contributed by atoms with E-state index < -0.39 is 6.04 Å². The molecule has 0 bridgehead atoms. The number of hydrogen-bond acceptors (Lipinski definition) is 3. The first-order valence-electron chi connectivity index (χ1n) is 6.85. The van der Waals surface area contributed by atoms with Gasteiger partial charge in [0.1, 0.15) is 0 Å². The third-order valence-corrected chi connectivity index (χ3v) is 3.50. The fourth-order valence-electron chi connectivity index (χ4n) is 1.79. The number of carbonyl (C=O) groups is 1. The largest absolute Gasteiger partial charge is 0.373 e. The molecule has 0 saturated carbocycles. The van der Waals surface area contributed by atoms with E-state index in [4.69, 9.17) is 5.73 Å². The van der Waals surface area contributed by atoms with Crippen molar-refractivity contribution in [2.75, 3.05) is 25.0 Å². The molecule has 0 radical (unpaired) electrons. The fourth-order valence-corrected chi connectivity index (χ4v) is 1.79. The van der Waals surface area contributed by atoms with Crippen LogP contribution in [0.15, 0.2) is 30.3 Å². The molecule has 4 heteroatoms. The minimum absolute atomic E-state index is 0.0594. The van der Waals surface area contributed by atoms with E-state index in [1.807, 2.05) is 51.2 Å². The van der Waals surface area contributed by atoms with E-state index in [2.05, 4.69) is 10.2 Å². The average molecular weight is 263 g/mol. The lowest BCUT2D eigenvalue weighted by Gasteiger charge is -2.21. The average Bonchev–Trinajstić information content (AvgIpc) is 2.46. The SMILES string of the molecule is CCC(C)[C@H](N)C(=O)NCCN(C)c1ccccc1. The number of nitrogens with one attached hydrogen (secondary N) is 1. The smallest absolute Gasteiger partial charge is 0.237 e. The van der Waals surface area contributed by atoms with E-state index in [0.29, 0.717) is 6.54 Å². The number of benzene rings is 1. The van der Waals surface area contributed by atoms with Crippen LogP contribution in [0.2, 0.25) is 0 Å². The van der Waals surface area contributed by atoms with Gasteiger partial charge in [-0.1, -0.05) is 38.5 Å². The molecule has 1 aromatic carbocycles. The van der Waals surface area contributed by atoms with Gasteiger partial charge in [-0.2, -0.15) is 0 Å². The Morgan fingerprint density at radius 1 is 1.37 bits per heavy atom. The first-order valence-corrected chi connectivity index (χ1v) is 6.85. The molecule has 0 aliphatic rings. The van der Waals surface area contributed by atoms with Gasteiger partial charge in [0.25, 0.3) is 0 Å². The molecular weight excluding hydrogens is 238 g/mol. The number of rotatable bonds is 7. The molecule has 1 aromatic rings. The van der Waals surface area contributed by atoms with E-state index in [-0.39, 0.29) is 11.8 Å². The Morgan fingerprint density at radius 3 is 2.58 bits per heavy atom. The minimum atomic E-state index is -0.410. The van der Waals surface area contributed by atoms with Crippen molar-refractivity contribution in [3.63, 3.8) is 0 Å². The molecule has 1 rings (SSSR count). The Bertz CT molecular complexity index is 380. The van der Waals surface area contributed by atoms with E-state index in [9.17, 15) is 4.79 Å². The number of anilines is 1. The summed E-state index contributed by atoms with van der Waals surface area (Å²) >= 11 is 0. The molecule has 19 heavy (non-hydrogen) atoms.